The second-order valence-corrected chi connectivity index (χ2v) is 8.32. The van der Waals surface area contributed by atoms with Gasteiger partial charge in [-0.05, 0) is 70.0 Å². The minimum atomic E-state index is -0.986. The maximum Gasteiger partial charge on any atom is 0.243 e. The number of para-hydroxylation sites is 1. The molecule has 34 heavy (non-hydrogen) atoms. The van der Waals surface area contributed by atoms with Crippen LogP contribution in [0.2, 0.25) is 0 Å². The van der Waals surface area contributed by atoms with Crippen molar-refractivity contribution in [1.82, 2.24) is 26.3 Å². The molecule has 0 aliphatic heterocycles. The van der Waals surface area contributed by atoms with Gasteiger partial charge in [-0.3, -0.25) is 14.4 Å². The number of rotatable bonds is 18. The summed E-state index contributed by atoms with van der Waals surface area (Å²) in [7, 11) is 0. The molecule has 10 nitrogen and oxygen atoms in total. The summed E-state index contributed by atoms with van der Waals surface area (Å²) in [6.45, 7) is 4.90. The van der Waals surface area contributed by atoms with E-state index in [0.717, 1.165) is 68.3 Å². The number of carbonyl (C=O) groups is 3. The third-order valence-corrected chi connectivity index (χ3v) is 5.43. The molecule has 0 unspecified atom stereocenters. The Kier molecular flexibility index (Phi) is 12.7. The molecule has 0 radical (unpaired) electrons. The number of amides is 3. The zero-order chi connectivity index (χ0) is 24.6. The zero-order valence-corrected chi connectivity index (χ0v) is 19.8. The number of aromatic amines is 1. The quantitative estimate of drug-likeness (QED) is 0.149. The summed E-state index contributed by atoms with van der Waals surface area (Å²) in [6, 6.07) is 6.68. The monoisotopic (exact) mass is 473 g/mol. The molecule has 188 valence electrons. The van der Waals surface area contributed by atoms with Gasteiger partial charge >= 0.3 is 0 Å². The highest BCUT2D eigenvalue weighted by atomic mass is 16.2. The van der Waals surface area contributed by atoms with E-state index < -0.39 is 17.9 Å². The fraction of sp³-hybridized carbons (Fsp3) is 0.542. The van der Waals surface area contributed by atoms with E-state index in [-0.39, 0.29) is 18.7 Å². The number of hydrogen-bond acceptors (Lipinski definition) is 6. The lowest BCUT2D eigenvalue weighted by Crippen LogP contribution is -2.49. The van der Waals surface area contributed by atoms with Gasteiger partial charge in [-0.25, -0.2) is 0 Å². The van der Waals surface area contributed by atoms with Crippen molar-refractivity contribution in [3.8, 4) is 0 Å². The molecule has 3 amide bonds. The molecule has 2 rings (SSSR count). The number of aromatic nitrogens is 1. The fourth-order valence-electron chi connectivity index (χ4n) is 3.63. The molecule has 0 saturated heterocycles. The summed E-state index contributed by atoms with van der Waals surface area (Å²) < 4.78 is 0. The predicted octanol–water partition coefficient (Wildman–Crippen LogP) is -0.115. The Labute approximate surface area is 201 Å². The lowest BCUT2D eigenvalue weighted by Gasteiger charge is -2.17. The first-order valence-electron chi connectivity index (χ1n) is 12.0. The van der Waals surface area contributed by atoms with Crippen molar-refractivity contribution in [2.75, 3.05) is 39.3 Å². The highest BCUT2D eigenvalue weighted by Crippen LogP contribution is 2.18. The molecule has 0 aliphatic carbocycles. The van der Waals surface area contributed by atoms with Crippen molar-refractivity contribution in [3.05, 3.63) is 36.0 Å². The van der Waals surface area contributed by atoms with Crippen LogP contribution in [0.25, 0.3) is 10.9 Å². The minimum absolute atomic E-state index is 0.0980. The van der Waals surface area contributed by atoms with Crippen molar-refractivity contribution < 1.29 is 14.4 Å². The van der Waals surface area contributed by atoms with E-state index in [2.05, 4.69) is 26.3 Å². The molecule has 9 N–H and O–H groups in total. The first kappa shape index (κ1) is 27.3. The van der Waals surface area contributed by atoms with Crippen molar-refractivity contribution >= 4 is 28.6 Å². The van der Waals surface area contributed by atoms with Crippen LogP contribution in [0.3, 0.4) is 0 Å². The van der Waals surface area contributed by atoms with E-state index >= 15 is 0 Å². The SMILES string of the molecule is NCCCNCCCNCCCCNC(=O)[C@H](CC(N)=O)NC(=O)Cc1c[nH]c2ccccc12. The van der Waals surface area contributed by atoms with Crippen LogP contribution in [0.5, 0.6) is 0 Å². The molecule has 1 atom stereocenters. The average molecular weight is 474 g/mol. The third-order valence-electron chi connectivity index (χ3n) is 5.43. The van der Waals surface area contributed by atoms with E-state index in [9.17, 15) is 14.4 Å². The molecular formula is C24H39N7O3. The Bertz CT molecular complexity index is 900. The predicted molar refractivity (Wildman–Crippen MR) is 134 cm³/mol. The second kappa shape index (κ2) is 15.8. The lowest BCUT2D eigenvalue weighted by atomic mass is 10.1. The number of H-pyrrole nitrogens is 1. The van der Waals surface area contributed by atoms with Crippen LogP contribution in [-0.4, -0.2) is 68.0 Å². The first-order chi connectivity index (χ1) is 16.5. The van der Waals surface area contributed by atoms with E-state index in [1.807, 2.05) is 24.3 Å². The highest BCUT2D eigenvalue weighted by Gasteiger charge is 2.23. The summed E-state index contributed by atoms with van der Waals surface area (Å²) in [5.74, 6) is -1.38. The number of fused-ring (bicyclic) bond motifs is 1. The number of nitrogens with two attached hydrogens (primary N) is 2. The van der Waals surface area contributed by atoms with Crippen LogP contribution in [0.15, 0.2) is 30.5 Å². The molecule has 0 saturated carbocycles. The van der Waals surface area contributed by atoms with Crippen LogP contribution >= 0.6 is 0 Å². The number of primary amides is 1. The summed E-state index contributed by atoms with van der Waals surface area (Å²) in [5, 5.41) is 13.1. The van der Waals surface area contributed by atoms with Crippen LogP contribution in [0.4, 0.5) is 0 Å². The fourth-order valence-corrected chi connectivity index (χ4v) is 3.63. The molecule has 0 fully saturated rings. The van der Waals surface area contributed by atoms with E-state index in [1.165, 1.54) is 0 Å². The van der Waals surface area contributed by atoms with Gasteiger partial charge in [-0.1, -0.05) is 18.2 Å². The van der Waals surface area contributed by atoms with E-state index in [1.54, 1.807) is 6.20 Å². The van der Waals surface area contributed by atoms with Crippen molar-refractivity contribution in [3.63, 3.8) is 0 Å². The zero-order valence-electron chi connectivity index (χ0n) is 19.8. The summed E-state index contributed by atoms with van der Waals surface area (Å²) >= 11 is 0. The molecule has 1 heterocycles. The standard InChI is InChI=1S/C24H39N7O3/c25-9-5-11-28-13-6-12-27-10-3-4-14-29-24(34)21(16-22(26)32)31-23(33)15-18-17-30-20-8-2-1-7-19(18)20/h1-2,7-8,17,21,27-28,30H,3-6,9-16,25H2,(H2,26,32)(H,29,34)(H,31,33)/t21-/m0/s1. The number of benzene rings is 1. The number of hydrogen-bond donors (Lipinski definition) is 7. The smallest absolute Gasteiger partial charge is 0.243 e. The number of unbranched alkanes of at least 4 members (excludes halogenated alkanes) is 1. The Morgan fingerprint density at radius 1 is 0.912 bits per heavy atom. The highest BCUT2D eigenvalue weighted by molar-refractivity contribution is 5.93. The van der Waals surface area contributed by atoms with Crippen molar-refractivity contribution in [2.24, 2.45) is 11.5 Å². The second-order valence-electron chi connectivity index (χ2n) is 8.32. The van der Waals surface area contributed by atoms with Gasteiger partial charge < -0.3 is 37.7 Å². The largest absolute Gasteiger partial charge is 0.370 e. The molecule has 1 aromatic carbocycles. The van der Waals surface area contributed by atoms with Gasteiger partial charge in [-0.15, -0.1) is 0 Å². The molecule has 1 aromatic heterocycles. The van der Waals surface area contributed by atoms with Gasteiger partial charge in [0.05, 0.1) is 12.8 Å². The van der Waals surface area contributed by atoms with E-state index in [4.69, 9.17) is 11.5 Å². The summed E-state index contributed by atoms with van der Waals surface area (Å²) in [5.41, 5.74) is 12.5. The minimum Gasteiger partial charge on any atom is -0.370 e. The maximum atomic E-state index is 12.6. The Balaban J connectivity index is 1.65. The van der Waals surface area contributed by atoms with Crippen LogP contribution in [-0.2, 0) is 20.8 Å². The molecular weight excluding hydrogens is 434 g/mol. The molecule has 10 heteroatoms. The summed E-state index contributed by atoms with van der Waals surface area (Å²) in [6.07, 6.45) is 5.38. The molecule has 0 aliphatic rings. The van der Waals surface area contributed by atoms with Crippen molar-refractivity contribution in [1.29, 1.82) is 0 Å². The Morgan fingerprint density at radius 2 is 1.59 bits per heavy atom. The molecule has 0 spiro atoms. The maximum absolute atomic E-state index is 12.6. The average Bonchev–Trinajstić information content (AvgIpc) is 3.21. The first-order valence-corrected chi connectivity index (χ1v) is 12.0. The van der Waals surface area contributed by atoms with Crippen LogP contribution in [0, 0.1) is 0 Å². The molecule has 0 bridgehead atoms. The van der Waals surface area contributed by atoms with Crippen LogP contribution in [0.1, 0.15) is 37.7 Å². The Morgan fingerprint density at radius 3 is 2.32 bits per heavy atom. The normalized spacial score (nSPS) is 11.9. The topological polar surface area (TPSA) is 167 Å². The van der Waals surface area contributed by atoms with Crippen LogP contribution < -0.4 is 32.7 Å². The van der Waals surface area contributed by atoms with Crippen molar-refractivity contribution in [2.45, 2.75) is 44.6 Å². The van der Waals surface area contributed by atoms with Gasteiger partial charge in [0.2, 0.25) is 17.7 Å². The van der Waals surface area contributed by atoms with Gasteiger partial charge in [0.25, 0.3) is 0 Å². The van der Waals surface area contributed by atoms with E-state index in [0.29, 0.717) is 13.1 Å². The molecule has 2 aromatic rings. The lowest BCUT2D eigenvalue weighted by molar-refractivity contribution is -0.130. The Hall–Kier alpha value is -2.95. The third kappa shape index (κ3) is 10.3. The van der Waals surface area contributed by atoms with Gasteiger partial charge in [0.15, 0.2) is 0 Å². The number of carbonyl (C=O) groups excluding carboxylic acids is 3. The van der Waals surface area contributed by atoms with Gasteiger partial charge in [-0.2, -0.15) is 0 Å². The summed E-state index contributed by atoms with van der Waals surface area (Å²) in [4.78, 5) is 39.6. The number of nitrogens with one attached hydrogen (secondary N) is 5. The van der Waals surface area contributed by atoms with Gasteiger partial charge in [0.1, 0.15) is 6.04 Å². The van der Waals surface area contributed by atoms with Gasteiger partial charge in [0, 0.05) is 23.6 Å².